The summed E-state index contributed by atoms with van der Waals surface area (Å²) in [5.41, 5.74) is 5.12. The van der Waals surface area contributed by atoms with E-state index >= 15 is 0 Å². The number of carbonyl (C=O) groups excluding carboxylic acids is 1. The summed E-state index contributed by atoms with van der Waals surface area (Å²) in [6, 6.07) is 1.03. The van der Waals surface area contributed by atoms with Crippen LogP contribution in [0.1, 0.15) is 17.3 Å². The molecule has 1 rings (SSSR count). The maximum absolute atomic E-state index is 12.8. The van der Waals surface area contributed by atoms with Crippen LogP contribution in [0.5, 0.6) is 5.75 Å². The smallest absolute Gasteiger partial charge is 0.183 e. The fourth-order valence-electron chi connectivity index (χ4n) is 0.999. The predicted octanol–water partition coefficient (Wildman–Crippen LogP) is 1.71. The summed E-state index contributed by atoms with van der Waals surface area (Å²) in [6.45, 7) is 1.45. The van der Waals surface area contributed by atoms with Gasteiger partial charge >= 0.3 is 0 Å². The van der Waals surface area contributed by atoms with Crippen LogP contribution in [0.15, 0.2) is 12.1 Å². The van der Waals surface area contributed by atoms with Gasteiger partial charge in [0.25, 0.3) is 0 Å². The molecule has 1 unspecified atom stereocenters. The third-order valence-electron chi connectivity index (χ3n) is 1.71. The van der Waals surface area contributed by atoms with Crippen LogP contribution in [0.3, 0.4) is 0 Å². The molecule has 0 spiro atoms. The van der Waals surface area contributed by atoms with Crippen LogP contribution in [0.25, 0.3) is 0 Å². The van der Waals surface area contributed by atoms with Crippen molar-refractivity contribution in [3.63, 3.8) is 0 Å². The zero-order valence-corrected chi connectivity index (χ0v) is 8.18. The highest BCUT2D eigenvalue weighted by molar-refractivity contribution is 6.32. The number of hydrogen-bond donors (Lipinski definition) is 2. The quantitative estimate of drug-likeness (QED) is 0.742. The normalized spacial score (nSPS) is 12.6. The van der Waals surface area contributed by atoms with E-state index in [0.717, 1.165) is 12.1 Å². The van der Waals surface area contributed by atoms with Gasteiger partial charge in [0.05, 0.1) is 16.6 Å². The van der Waals surface area contributed by atoms with E-state index in [0.29, 0.717) is 0 Å². The molecular formula is C9H9ClFNO2. The molecular weight excluding hydrogens is 209 g/mol. The second-order valence-electron chi connectivity index (χ2n) is 2.94. The first-order valence-electron chi connectivity index (χ1n) is 3.91. The van der Waals surface area contributed by atoms with Crippen molar-refractivity contribution >= 4 is 17.4 Å². The molecule has 1 aromatic rings. The van der Waals surface area contributed by atoms with Gasteiger partial charge in [0.1, 0.15) is 11.6 Å². The Balaban J connectivity index is 3.27. The van der Waals surface area contributed by atoms with E-state index in [2.05, 4.69) is 0 Å². The highest BCUT2D eigenvalue weighted by atomic mass is 35.5. The molecule has 0 saturated heterocycles. The van der Waals surface area contributed by atoms with Gasteiger partial charge in [0.15, 0.2) is 5.78 Å². The SMILES string of the molecule is CC(N)C(=O)c1cc(F)cc(Cl)c1O. The maximum atomic E-state index is 12.8. The average molecular weight is 218 g/mol. The van der Waals surface area contributed by atoms with Gasteiger partial charge in [-0.15, -0.1) is 0 Å². The van der Waals surface area contributed by atoms with Gasteiger partial charge in [-0.25, -0.2) is 4.39 Å². The zero-order valence-electron chi connectivity index (χ0n) is 7.42. The Hall–Kier alpha value is -1.13. The molecule has 76 valence electrons. The Kier molecular flexibility index (Phi) is 3.08. The van der Waals surface area contributed by atoms with Crippen LogP contribution in [-0.4, -0.2) is 16.9 Å². The van der Waals surface area contributed by atoms with Crippen molar-refractivity contribution in [3.05, 3.63) is 28.5 Å². The monoisotopic (exact) mass is 217 g/mol. The first-order valence-corrected chi connectivity index (χ1v) is 4.29. The first-order chi connectivity index (χ1) is 6.43. The molecule has 14 heavy (non-hydrogen) atoms. The maximum Gasteiger partial charge on any atom is 0.183 e. The minimum atomic E-state index is -0.807. The predicted molar refractivity (Wildman–Crippen MR) is 51.1 cm³/mol. The number of rotatable bonds is 2. The van der Waals surface area contributed by atoms with Gasteiger partial charge in [0, 0.05) is 0 Å². The van der Waals surface area contributed by atoms with Gasteiger partial charge < -0.3 is 10.8 Å². The minimum Gasteiger partial charge on any atom is -0.506 e. The molecule has 0 amide bonds. The fraction of sp³-hybridized carbons (Fsp3) is 0.222. The fourth-order valence-corrected chi connectivity index (χ4v) is 1.21. The number of ketones is 1. The Bertz CT molecular complexity index is 379. The average Bonchev–Trinajstić information content (AvgIpc) is 2.09. The van der Waals surface area contributed by atoms with Gasteiger partial charge in [0.2, 0.25) is 0 Å². The summed E-state index contributed by atoms with van der Waals surface area (Å²) >= 11 is 5.48. The molecule has 1 atom stereocenters. The molecule has 0 heterocycles. The number of Topliss-reactive ketones (excluding diaryl/α,β-unsaturated/α-hetero) is 1. The van der Waals surface area contributed by atoms with Gasteiger partial charge in [-0.2, -0.15) is 0 Å². The number of phenolic OH excluding ortho intramolecular Hbond substituents is 1. The van der Waals surface area contributed by atoms with Crippen molar-refractivity contribution in [2.75, 3.05) is 0 Å². The number of aromatic hydroxyl groups is 1. The van der Waals surface area contributed by atoms with E-state index in [1.54, 1.807) is 0 Å². The van der Waals surface area contributed by atoms with Gasteiger partial charge in [-0.05, 0) is 19.1 Å². The van der Waals surface area contributed by atoms with E-state index in [9.17, 15) is 14.3 Å². The molecule has 0 aromatic heterocycles. The standard InChI is InChI=1S/C9H9ClFNO2/c1-4(12)8(13)6-2-5(11)3-7(10)9(6)14/h2-4,14H,12H2,1H3. The van der Waals surface area contributed by atoms with Crippen LogP contribution in [0, 0.1) is 5.82 Å². The Morgan fingerprint density at radius 3 is 2.71 bits per heavy atom. The summed E-state index contributed by atoms with van der Waals surface area (Å²) in [5.74, 6) is -1.67. The van der Waals surface area contributed by atoms with E-state index < -0.39 is 23.4 Å². The molecule has 0 radical (unpaired) electrons. The highest BCUT2D eigenvalue weighted by Gasteiger charge is 2.18. The van der Waals surface area contributed by atoms with E-state index in [4.69, 9.17) is 17.3 Å². The van der Waals surface area contributed by atoms with Crippen molar-refractivity contribution in [1.29, 1.82) is 0 Å². The molecule has 0 fully saturated rings. The van der Waals surface area contributed by atoms with Crippen molar-refractivity contribution < 1.29 is 14.3 Å². The van der Waals surface area contributed by atoms with Crippen LogP contribution in [0.2, 0.25) is 5.02 Å². The van der Waals surface area contributed by atoms with Crippen molar-refractivity contribution in [3.8, 4) is 5.75 Å². The molecule has 3 nitrogen and oxygen atoms in total. The number of halogens is 2. The topological polar surface area (TPSA) is 63.3 Å². The summed E-state index contributed by atoms with van der Waals surface area (Å²) in [4.78, 5) is 11.4. The van der Waals surface area contributed by atoms with Crippen LogP contribution in [-0.2, 0) is 0 Å². The van der Waals surface area contributed by atoms with Crippen molar-refractivity contribution in [2.24, 2.45) is 5.73 Å². The van der Waals surface area contributed by atoms with E-state index in [1.807, 2.05) is 0 Å². The molecule has 0 aliphatic heterocycles. The Morgan fingerprint density at radius 2 is 2.21 bits per heavy atom. The second kappa shape index (κ2) is 3.94. The zero-order chi connectivity index (χ0) is 10.9. The lowest BCUT2D eigenvalue weighted by atomic mass is 10.0. The lowest BCUT2D eigenvalue weighted by Crippen LogP contribution is -2.26. The van der Waals surface area contributed by atoms with Crippen LogP contribution in [0.4, 0.5) is 4.39 Å². The second-order valence-corrected chi connectivity index (χ2v) is 3.34. The summed E-state index contributed by atoms with van der Waals surface area (Å²) in [7, 11) is 0. The van der Waals surface area contributed by atoms with Gasteiger partial charge in [-0.1, -0.05) is 11.6 Å². The minimum absolute atomic E-state index is 0.190. The van der Waals surface area contributed by atoms with Crippen LogP contribution < -0.4 is 5.73 Å². The third kappa shape index (κ3) is 2.02. The third-order valence-corrected chi connectivity index (χ3v) is 2.00. The first kappa shape index (κ1) is 10.9. The number of hydrogen-bond acceptors (Lipinski definition) is 3. The number of nitrogens with two attached hydrogens (primary N) is 1. The largest absolute Gasteiger partial charge is 0.506 e. The van der Waals surface area contributed by atoms with E-state index in [-0.39, 0.29) is 10.6 Å². The molecule has 0 aliphatic carbocycles. The summed E-state index contributed by atoms with van der Waals surface area (Å²) in [6.07, 6.45) is 0. The number of benzene rings is 1. The van der Waals surface area contributed by atoms with Crippen molar-refractivity contribution in [2.45, 2.75) is 13.0 Å². The molecule has 1 aromatic carbocycles. The number of phenols is 1. The molecule has 3 N–H and O–H groups in total. The summed E-state index contributed by atoms with van der Waals surface area (Å²) < 4.78 is 12.8. The lowest BCUT2D eigenvalue weighted by Gasteiger charge is -2.07. The highest BCUT2D eigenvalue weighted by Crippen LogP contribution is 2.29. The van der Waals surface area contributed by atoms with Crippen LogP contribution >= 0.6 is 11.6 Å². The van der Waals surface area contributed by atoms with Crippen molar-refractivity contribution in [1.82, 2.24) is 0 Å². The summed E-state index contributed by atoms with van der Waals surface area (Å²) in [5, 5.41) is 9.17. The lowest BCUT2D eigenvalue weighted by molar-refractivity contribution is 0.0965. The van der Waals surface area contributed by atoms with Gasteiger partial charge in [-0.3, -0.25) is 4.79 Å². The molecule has 0 bridgehead atoms. The molecule has 0 aliphatic rings. The molecule has 0 saturated carbocycles. The Labute approximate surface area is 85.3 Å². The van der Waals surface area contributed by atoms with E-state index in [1.165, 1.54) is 6.92 Å². The Morgan fingerprint density at radius 1 is 1.64 bits per heavy atom. The number of carbonyl (C=O) groups is 1. The molecule has 5 heteroatoms.